The predicted molar refractivity (Wildman–Crippen MR) is 187 cm³/mol. The molecule has 0 radical (unpaired) electrons. The molecule has 2 atom stereocenters. The number of halogens is 1. The van der Waals surface area contributed by atoms with Crippen LogP contribution in [0.2, 0.25) is 5.02 Å². The van der Waals surface area contributed by atoms with Crippen molar-refractivity contribution in [3.05, 3.63) is 147 Å². The number of ketones is 2. The number of hydrogen-bond acceptors (Lipinski definition) is 6. The van der Waals surface area contributed by atoms with Crippen LogP contribution in [0.25, 0.3) is 29.1 Å². The summed E-state index contributed by atoms with van der Waals surface area (Å²) in [5.74, 6) is -1.37. The number of Topliss-reactive ketones (excluding diaryl/α,β-unsaturated/α-hetero) is 2. The number of fused-ring (bicyclic) bond motifs is 8. The van der Waals surface area contributed by atoms with Gasteiger partial charge in [-0.1, -0.05) is 29.8 Å². The van der Waals surface area contributed by atoms with E-state index in [0.717, 1.165) is 33.2 Å². The Hall–Kier alpha value is -5.90. The van der Waals surface area contributed by atoms with Gasteiger partial charge in [0.1, 0.15) is 17.3 Å². The van der Waals surface area contributed by atoms with Crippen molar-refractivity contribution in [2.24, 2.45) is 4.99 Å². The highest BCUT2D eigenvalue weighted by Gasteiger charge is 2.51. The van der Waals surface area contributed by atoms with Crippen molar-refractivity contribution in [1.82, 2.24) is 20.3 Å². The Morgan fingerprint density at radius 1 is 0.917 bits per heavy atom. The van der Waals surface area contributed by atoms with Gasteiger partial charge in [0, 0.05) is 62.4 Å². The number of aromatic nitrogens is 3. The quantitative estimate of drug-likeness (QED) is 0.217. The van der Waals surface area contributed by atoms with Gasteiger partial charge in [-0.05, 0) is 96.6 Å². The number of aromatic amines is 2. The second kappa shape index (κ2) is 11.7. The second-order valence-corrected chi connectivity index (χ2v) is 12.4. The lowest BCUT2D eigenvalue weighted by molar-refractivity contribution is -0.118. The highest BCUT2D eigenvalue weighted by molar-refractivity contribution is 6.49. The summed E-state index contributed by atoms with van der Waals surface area (Å²) in [6, 6.07) is 22.8. The molecule has 0 saturated carbocycles. The van der Waals surface area contributed by atoms with Gasteiger partial charge >= 0.3 is 0 Å². The zero-order valence-electron chi connectivity index (χ0n) is 25.3. The molecule has 10 heteroatoms. The monoisotopic (exact) mass is 650 g/mol. The van der Waals surface area contributed by atoms with Crippen molar-refractivity contribution in [2.45, 2.75) is 18.0 Å². The van der Waals surface area contributed by atoms with Crippen molar-refractivity contribution in [2.75, 3.05) is 5.32 Å². The number of benzene rings is 2. The van der Waals surface area contributed by atoms with Crippen molar-refractivity contribution >= 4 is 69.6 Å². The van der Waals surface area contributed by atoms with Crippen LogP contribution in [0.5, 0.6) is 0 Å². The lowest BCUT2D eigenvalue weighted by Crippen LogP contribution is -2.50. The number of H-pyrrole nitrogens is 2. The number of carbonyl (C=O) groups excluding carboxylic acids is 3. The van der Waals surface area contributed by atoms with E-state index in [1.54, 1.807) is 48.7 Å². The first-order chi connectivity index (χ1) is 23.3. The van der Waals surface area contributed by atoms with Gasteiger partial charge in [0.2, 0.25) is 11.7 Å². The van der Waals surface area contributed by atoms with E-state index in [2.05, 4.69) is 30.6 Å². The SMILES string of the molecule is O=C(/C=C1/C(=O)C2(Cc3ccc(Cl)cc3)C=c3ccc([nH]3)=Cc3ccc([nH]3)C=C3C=CC(=N3)C(=O)C1N2)Nc1ccc2ncccc2c1. The molecule has 3 aromatic heterocycles. The molecule has 6 heterocycles. The summed E-state index contributed by atoms with van der Waals surface area (Å²) in [6.45, 7) is 0. The minimum absolute atomic E-state index is 0.0370. The predicted octanol–water partition coefficient (Wildman–Crippen LogP) is 4.18. The summed E-state index contributed by atoms with van der Waals surface area (Å²) in [5.41, 5.74) is 3.22. The third-order valence-corrected chi connectivity index (χ3v) is 8.84. The van der Waals surface area contributed by atoms with E-state index in [1.165, 1.54) is 6.08 Å². The minimum Gasteiger partial charge on any atom is -0.356 e. The van der Waals surface area contributed by atoms with E-state index in [9.17, 15) is 14.4 Å². The third-order valence-electron chi connectivity index (χ3n) is 8.59. The maximum absolute atomic E-state index is 14.7. The van der Waals surface area contributed by atoms with Crippen molar-refractivity contribution in [3.63, 3.8) is 0 Å². The molecule has 48 heavy (non-hydrogen) atoms. The van der Waals surface area contributed by atoms with Gasteiger partial charge in [-0.25, -0.2) is 4.99 Å². The van der Waals surface area contributed by atoms with Crippen LogP contribution in [0.3, 0.4) is 0 Å². The Morgan fingerprint density at radius 2 is 1.73 bits per heavy atom. The average molecular weight is 651 g/mol. The van der Waals surface area contributed by atoms with Gasteiger partial charge in [0.15, 0.2) is 5.78 Å². The van der Waals surface area contributed by atoms with E-state index in [-0.39, 0.29) is 17.7 Å². The first-order valence-electron chi connectivity index (χ1n) is 15.4. The first-order valence-corrected chi connectivity index (χ1v) is 15.7. The smallest absolute Gasteiger partial charge is 0.248 e. The molecule has 8 rings (SSSR count). The van der Waals surface area contributed by atoms with Crippen LogP contribution in [-0.2, 0) is 20.8 Å². The van der Waals surface area contributed by atoms with E-state index >= 15 is 0 Å². The van der Waals surface area contributed by atoms with Gasteiger partial charge in [0.05, 0.1) is 11.2 Å². The van der Waals surface area contributed by atoms with Crippen LogP contribution in [0, 0.1) is 0 Å². The van der Waals surface area contributed by atoms with E-state index < -0.39 is 29.1 Å². The first kappa shape index (κ1) is 29.5. The maximum atomic E-state index is 14.7. The molecule has 1 amide bonds. The molecule has 5 aromatic rings. The van der Waals surface area contributed by atoms with Crippen LogP contribution in [0.4, 0.5) is 5.69 Å². The Balaban J connectivity index is 1.27. The zero-order chi connectivity index (χ0) is 32.8. The molecular weight excluding hydrogens is 624 g/mol. The summed E-state index contributed by atoms with van der Waals surface area (Å²) in [6.07, 6.45) is 12.1. The molecule has 2 aromatic carbocycles. The number of carbonyl (C=O) groups is 3. The highest BCUT2D eigenvalue weighted by atomic mass is 35.5. The highest BCUT2D eigenvalue weighted by Crippen LogP contribution is 2.32. The van der Waals surface area contributed by atoms with Gasteiger partial charge in [-0.15, -0.1) is 0 Å². The van der Waals surface area contributed by atoms with E-state index in [4.69, 9.17) is 11.6 Å². The van der Waals surface area contributed by atoms with Crippen molar-refractivity contribution in [3.8, 4) is 0 Å². The van der Waals surface area contributed by atoms with Gasteiger partial charge < -0.3 is 15.3 Å². The molecule has 9 nitrogen and oxygen atoms in total. The van der Waals surface area contributed by atoms with Crippen LogP contribution in [-0.4, -0.2) is 49.7 Å². The fraction of sp³-hybridized carbons (Fsp3) is 0.0789. The molecule has 1 saturated heterocycles. The van der Waals surface area contributed by atoms with Crippen LogP contribution in [0.15, 0.2) is 120 Å². The summed E-state index contributed by atoms with van der Waals surface area (Å²) in [4.78, 5) is 58.1. The summed E-state index contributed by atoms with van der Waals surface area (Å²) < 4.78 is 0. The largest absolute Gasteiger partial charge is 0.356 e. The molecule has 234 valence electrons. The van der Waals surface area contributed by atoms with Gasteiger partial charge in [0.25, 0.3) is 0 Å². The number of nitrogens with one attached hydrogen (secondary N) is 4. The number of aliphatic imine (C=N–C) groups is 1. The van der Waals surface area contributed by atoms with Gasteiger partial charge in [-0.3, -0.25) is 24.7 Å². The molecule has 1 fully saturated rings. The Labute approximate surface area is 279 Å². The molecule has 3 aliphatic rings. The van der Waals surface area contributed by atoms with Crippen molar-refractivity contribution in [1.29, 1.82) is 0 Å². The van der Waals surface area contributed by atoms with E-state index in [1.807, 2.05) is 66.7 Å². The van der Waals surface area contributed by atoms with Crippen molar-refractivity contribution < 1.29 is 14.4 Å². The van der Waals surface area contributed by atoms with Gasteiger partial charge in [-0.2, -0.15) is 0 Å². The number of pyridine rings is 1. The lowest BCUT2D eigenvalue weighted by atomic mass is 9.86. The molecule has 2 unspecified atom stereocenters. The minimum atomic E-state index is -1.39. The number of nitrogens with zero attached hydrogens (tertiary/aromatic N) is 2. The fourth-order valence-electron chi connectivity index (χ4n) is 6.36. The molecule has 8 bridgehead atoms. The molecular formula is C38H27ClN6O3. The Morgan fingerprint density at radius 3 is 2.58 bits per heavy atom. The Kier molecular flexibility index (Phi) is 7.20. The lowest BCUT2D eigenvalue weighted by Gasteiger charge is -2.25. The maximum Gasteiger partial charge on any atom is 0.248 e. The van der Waals surface area contributed by atoms with Crippen LogP contribution >= 0.6 is 11.6 Å². The van der Waals surface area contributed by atoms with Crippen LogP contribution < -0.4 is 21.3 Å². The number of anilines is 1. The third kappa shape index (κ3) is 5.66. The normalized spacial score (nSPS) is 20.8. The number of hydrogen-bond donors (Lipinski definition) is 4. The number of rotatable bonds is 4. The molecule has 0 spiro atoms. The molecule has 3 aliphatic heterocycles. The Bertz CT molecular complexity index is 2410. The molecule has 4 N–H and O–H groups in total. The van der Waals surface area contributed by atoms with Crippen LogP contribution in [0.1, 0.15) is 17.0 Å². The fourth-order valence-corrected chi connectivity index (χ4v) is 6.49. The molecule has 0 aliphatic carbocycles. The van der Waals surface area contributed by atoms with E-state index in [0.29, 0.717) is 21.8 Å². The summed E-state index contributed by atoms with van der Waals surface area (Å²) in [5, 5.41) is 9.11. The average Bonchev–Trinajstić information content (AvgIpc) is 3.88. The number of amides is 1. The number of allylic oxidation sites excluding steroid dienone is 2. The summed E-state index contributed by atoms with van der Waals surface area (Å²) >= 11 is 6.19. The summed E-state index contributed by atoms with van der Waals surface area (Å²) in [7, 11) is 0. The topological polar surface area (TPSA) is 132 Å². The standard InChI is InChI=1S/C38H27ClN6O3/c39-24-5-3-22(4-6-24)20-38-21-30-10-9-28(42-30)17-26-7-8-27(41-26)18-29-12-14-33(43-29)36(47)35(45-38)31(37(38)48)19-34(46)44-25-11-13-32-23(16-25)2-1-15-40-32/h1-19,21,35,41-42,45H,20H2,(H,44,46)/b28-17?,29-18?,30-21?,31-19+. The second-order valence-electron chi connectivity index (χ2n) is 12.0. The zero-order valence-corrected chi connectivity index (χ0v) is 26.1.